The van der Waals surface area contributed by atoms with Crippen LogP contribution < -0.4 is 0 Å². The van der Waals surface area contributed by atoms with E-state index in [2.05, 4.69) is 4.98 Å². The molecule has 1 aliphatic rings. The number of oxazole rings is 1. The van der Waals surface area contributed by atoms with Gasteiger partial charge in [0.1, 0.15) is 10.4 Å². The summed E-state index contributed by atoms with van der Waals surface area (Å²) >= 11 is 6.22. The van der Waals surface area contributed by atoms with Crippen LogP contribution in [0, 0.1) is 0 Å². The van der Waals surface area contributed by atoms with Gasteiger partial charge in [-0.25, -0.2) is 13.4 Å². The Bertz CT molecular complexity index is 830. The van der Waals surface area contributed by atoms with Gasteiger partial charge >= 0.3 is 0 Å². The van der Waals surface area contributed by atoms with Crippen LogP contribution >= 0.6 is 11.6 Å². The predicted molar refractivity (Wildman–Crippen MR) is 88.7 cm³/mol. The maximum Gasteiger partial charge on any atom is 0.200 e. The lowest BCUT2D eigenvalue weighted by Gasteiger charge is -2.22. The predicted octanol–water partition coefficient (Wildman–Crippen LogP) is 3.73. The third-order valence-electron chi connectivity index (χ3n) is 3.95. The first-order chi connectivity index (χ1) is 10.7. The van der Waals surface area contributed by atoms with Crippen LogP contribution in [0.1, 0.15) is 39.5 Å². The van der Waals surface area contributed by atoms with Crippen molar-refractivity contribution < 1.29 is 17.6 Å². The van der Waals surface area contributed by atoms with Crippen molar-refractivity contribution in [1.82, 2.24) is 4.98 Å². The number of aromatic nitrogens is 1. The summed E-state index contributed by atoms with van der Waals surface area (Å²) in [5.74, 6) is 0.492. The summed E-state index contributed by atoms with van der Waals surface area (Å²) in [7, 11) is -3.64. The molecule has 1 fully saturated rings. The van der Waals surface area contributed by atoms with Crippen LogP contribution in [0.4, 0.5) is 0 Å². The van der Waals surface area contributed by atoms with E-state index in [-0.39, 0.29) is 27.5 Å². The molecule has 1 atom stereocenters. The quantitative estimate of drug-likeness (QED) is 0.819. The lowest BCUT2D eigenvalue weighted by molar-refractivity contribution is 0.0991. The summed E-state index contributed by atoms with van der Waals surface area (Å²) in [6.45, 7) is 6.67. The largest absolute Gasteiger partial charge is 0.439 e. The highest BCUT2D eigenvalue weighted by Crippen LogP contribution is 2.36. The van der Waals surface area contributed by atoms with Crippen LogP contribution in [0.2, 0.25) is 5.02 Å². The molecule has 7 heteroatoms. The summed E-state index contributed by atoms with van der Waals surface area (Å²) in [6.07, 6.45) is 1.29. The fraction of sp³-hybridized carbons (Fsp3) is 0.562. The fourth-order valence-corrected chi connectivity index (χ4v) is 4.95. The van der Waals surface area contributed by atoms with Crippen molar-refractivity contribution >= 4 is 32.5 Å². The molecule has 126 valence electrons. The van der Waals surface area contributed by atoms with Gasteiger partial charge < -0.3 is 9.15 Å². The number of sulfone groups is 1. The molecule has 1 aromatic carbocycles. The third-order valence-corrected chi connectivity index (χ3v) is 6.60. The Balaban J connectivity index is 2.19. The van der Waals surface area contributed by atoms with Crippen LogP contribution in [0.25, 0.3) is 11.1 Å². The van der Waals surface area contributed by atoms with Gasteiger partial charge in [-0.3, -0.25) is 0 Å². The number of fused-ring (bicyclic) bond motifs is 1. The molecule has 0 bridgehead atoms. The smallest absolute Gasteiger partial charge is 0.200 e. The van der Waals surface area contributed by atoms with Crippen LogP contribution in [0.5, 0.6) is 0 Å². The Labute approximate surface area is 140 Å². The Hall–Kier alpha value is -1.11. The maximum atomic E-state index is 13.0. The Morgan fingerprint density at radius 1 is 1.30 bits per heavy atom. The van der Waals surface area contributed by atoms with E-state index in [1.807, 2.05) is 20.8 Å². The van der Waals surface area contributed by atoms with Crippen LogP contribution in [0.15, 0.2) is 21.4 Å². The van der Waals surface area contributed by atoms with Crippen molar-refractivity contribution in [3.8, 4) is 0 Å². The molecule has 5 nitrogen and oxygen atoms in total. The zero-order chi connectivity index (χ0) is 16.8. The molecule has 1 saturated heterocycles. The topological polar surface area (TPSA) is 69.4 Å². The molecule has 0 saturated carbocycles. The molecular formula is C16H20ClNO4S. The zero-order valence-corrected chi connectivity index (χ0v) is 15.0. The van der Waals surface area contributed by atoms with E-state index >= 15 is 0 Å². The van der Waals surface area contributed by atoms with E-state index in [4.69, 9.17) is 20.8 Å². The van der Waals surface area contributed by atoms with Crippen molar-refractivity contribution in [2.24, 2.45) is 0 Å². The van der Waals surface area contributed by atoms with E-state index in [0.29, 0.717) is 24.4 Å². The van der Waals surface area contributed by atoms with Crippen molar-refractivity contribution in [3.63, 3.8) is 0 Å². The molecule has 1 aromatic heterocycles. The molecule has 0 spiro atoms. The fourth-order valence-electron chi connectivity index (χ4n) is 2.65. The van der Waals surface area contributed by atoms with E-state index in [1.165, 1.54) is 0 Å². The van der Waals surface area contributed by atoms with Gasteiger partial charge in [0.15, 0.2) is 15.4 Å². The Morgan fingerprint density at radius 2 is 2.04 bits per heavy atom. The van der Waals surface area contributed by atoms with E-state index < -0.39 is 15.1 Å². The van der Waals surface area contributed by atoms with Crippen molar-refractivity contribution in [2.75, 3.05) is 13.2 Å². The van der Waals surface area contributed by atoms with Gasteiger partial charge in [-0.05, 0) is 25.0 Å². The van der Waals surface area contributed by atoms with Crippen LogP contribution in [-0.2, 0) is 20.0 Å². The highest BCUT2D eigenvalue weighted by atomic mass is 35.5. The summed E-state index contributed by atoms with van der Waals surface area (Å²) in [5, 5.41) is -0.429. The number of rotatable bonds is 2. The van der Waals surface area contributed by atoms with Gasteiger partial charge in [0.25, 0.3) is 0 Å². The molecule has 0 radical (unpaired) electrons. The summed E-state index contributed by atoms with van der Waals surface area (Å²) in [6, 6.07) is 3.25. The minimum Gasteiger partial charge on any atom is -0.439 e. The molecular weight excluding hydrogens is 338 g/mol. The zero-order valence-electron chi connectivity index (χ0n) is 13.4. The monoisotopic (exact) mass is 357 g/mol. The number of halogens is 1. The molecule has 0 aliphatic carbocycles. The lowest BCUT2D eigenvalue weighted by atomic mass is 9.97. The Kier molecular flexibility index (Phi) is 4.19. The summed E-state index contributed by atoms with van der Waals surface area (Å²) < 4.78 is 37.2. The second kappa shape index (κ2) is 5.76. The van der Waals surface area contributed by atoms with Crippen LogP contribution in [0.3, 0.4) is 0 Å². The number of nitrogens with zero attached hydrogens (tertiary/aromatic N) is 1. The van der Waals surface area contributed by atoms with Gasteiger partial charge in [0.2, 0.25) is 5.89 Å². The summed E-state index contributed by atoms with van der Waals surface area (Å²) in [4.78, 5) is 4.46. The number of ether oxygens (including phenoxy) is 1. The first-order valence-electron chi connectivity index (χ1n) is 7.62. The van der Waals surface area contributed by atoms with Crippen molar-refractivity contribution in [1.29, 1.82) is 0 Å². The molecule has 1 unspecified atom stereocenters. The number of hydrogen-bond acceptors (Lipinski definition) is 5. The average Bonchev–Trinajstić information content (AvgIpc) is 2.91. The van der Waals surface area contributed by atoms with E-state index in [9.17, 15) is 8.42 Å². The highest BCUT2D eigenvalue weighted by molar-refractivity contribution is 7.92. The maximum absolute atomic E-state index is 13.0. The van der Waals surface area contributed by atoms with Gasteiger partial charge in [0.05, 0.1) is 16.9 Å². The van der Waals surface area contributed by atoms with Gasteiger partial charge in [-0.2, -0.15) is 0 Å². The molecule has 2 heterocycles. The number of hydrogen-bond donors (Lipinski definition) is 0. The number of benzene rings is 1. The summed E-state index contributed by atoms with van der Waals surface area (Å²) in [5.41, 5.74) is 0.433. The van der Waals surface area contributed by atoms with Gasteiger partial charge in [0, 0.05) is 12.0 Å². The standard InChI is InChI=1S/C16H20ClNO4S/c1-16(2,3)15-18-12-7-6-11(17)14(13(12)22-15)23(19,20)10-5-4-8-21-9-10/h6-7,10H,4-5,8-9H2,1-3H3. The molecule has 2 aromatic rings. The van der Waals surface area contributed by atoms with E-state index in [0.717, 1.165) is 6.42 Å². The first-order valence-corrected chi connectivity index (χ1v) is 9.55. The van der Waals surface area contributed by atoms with Gasteiger partial charge in [-0.1, -0.05) is 32.4 Å². The highest BCUT2D eigenvalue weighted by Gasteiger charge is 2.35. The lowest BCUT2D eigenvalue weighted by Crippen LogP contribution is -2.31. The molecule has 3 rings (SSSR count). The molecule has 1 aliphatic heterocycles. The average molecular weight is 358 g/mol. The van der Waals surface area contributed by atoms with E-state index in [1.54, 1.807) is 12.1 Å². The van der Waals surface area contributed by atoms with Gasteiger partial charge in [-0.15, -0.1) is 0 Å². The molecule has 0 amide bonds. The molecule has 23 heavy (non-hydrogen) atoms. The first kappa shape index (κ1) is 16.7. The minimum absolute atomic E-state index is 0.0372. The van der Waals surface area contributed by atoms with Crippen molar-refractivity contribution in [2.45, 2.75) is 49.2 Å². The Morgan fingerprint density at radius 3 is 2.65 bits per heavy atom. The van der Waals surface area contributed by atoms with Crippen molar-refractivity contribution in [3.05, 3.63) is 23.0 Å². The second-order valence-electron chi connectivity index (χ2n) is 6.88. The SMILES string of the molecule is CC(C)(C)c1nc2ccc(Cl)c(S(=O)(=O)C3CCCOC3)c2o1. The third kappa shape index (κ3) is 2.99. The molecule has 0 N–H and O–H groups in total. The second-order valence-corrected chi connectivity index (χ2v) is 9.45. The minimum atomic E-state index is -3.64. The normalized spacial score (nSPS) is 20.1. The van der Waals surface area contributed by atoms with Crippen LogP contribution in [-0.4, -0.2) is 31.9 Å².